The van der Waals surface area contributed by atoms with Crippen LogP contribution in [-0.2, 0) is 9.53 Å². The molecule has 3 nitrogen and oxygen atoms in total. The van der Waals surface area contributed by atoms with Gasteiger partial charge in [0.15, 0.2) is 0 Å². The van der Waals surface area contributed by atoms with Crippen LogP contribution < -0.4 is 4.90 Å². The summed E-state index contributed by atoms with van der Waals surface area (Å²) < 4.78 is 4.90. The molecule has 0 bridgehead atoms. The maximum absolute atomic E-state index is 12.0. The fraction of sp³-hybridized carbons (Fsp3) is 0.438. The van der Waals surface area contributed by atoms with Gasteiger partial charge in [-0.05, 0) is 45.4 Å². The van der Waals surface area contributed by atoms with Gasteiger partial charge >= 0.3 is 5.97 Å². The highest BCUT2D eigenvalue weighted by molar-refractivity contribution is 6.31. The van der Waals surface area contributed by atoms with Gasteiger partial charge in [-0.15, -0.1) is 0 Å². The van der Waals surface area contributed by atoms with E-state index >= 15 is 0 Å². The number of methoxy groups -OCH3 is 1. The zero-order valence-corrected chi connectivity index (χ0v) is 13.3. The molecular formula is C16H20ClNO2. The minimum absolute atomic E-state index is 0.253. The van der Waals surface area contributed by atoms with Gasteiger partial charge in [0.05, 0.1) is 12.6 Å². The smallest absolute Gasteiger partial charge is 0.328 e. The third-order valence-corrected chi connectivity index (χ3v) is 4.00. The van der Waals surface area contributed by atoms with Crippen molar-refractivity contribution in [2.75, 3.05) is 12.0 Å². The molecule has 1 heterocycles. The Balaban J connectivity index is 2.61. The molecule has 0 saturated heterocycles. The number of rotatable bonds is 2. The van der Waals surface area contributed by atoms with Crippen molar-refractivity contribution in [3.8, 4) is 0 Å². The number of halogens is 1. The molecular weight excluding hydrogens is 274 g/mol. The van der Waals surface area contributed by atoms with Crippen LogP contribution in [0.1, 0.15) is 33.3 Å². The van der Waals surface area contributed by atoms with E-state index < -0.39 is 0 Å². The molecule has 1 aliphatic heterocycles. The maximum atomic E-state index is 12.0. The van der Waals surface area contributed by atoms with Gasteiger partial charge in [0.1, 0.15) is 6.04 Å². The molecule has 108 valence electrons. The third-order valence-electron chi connectivity index (χ3n) is 3.76. The molecule has 1 aliphatic rings. The van der Waals surface area contributed by atoms with Crippen LogP contribution in [0, 0.1) is 0 Å². The van der Waals surface area contributed by atoms with Gasteiger partial charge < -0.3 is 9.64 Å². The molecule has 1 unspecified atom stereocenters. The molecule has 0 fully saturated rings. The molecule has 0 amide bonds. The lowest BCUT2D eigenvalue weighted by Gasteiger charge is -2.45. The number of carbonyl (C=O) groups excluding carboxylic acids is 1. The number of anilines is 1. The van der Waals surface area contributed by atoms with Gasteiger partial charge in [-0.25, -0.2) is 4.79 Å². The molecule has 1 atom stereocenters. The van der Waals surface area contributed by atoms with Crippen molar-refractivity contribution in [1.29, 1.82) is 0 Å². The number of esters is 1. The average Bonchev–Trinajstić information content (AvgIpc) is 2.35. The van der Waals surface area contributed by atoms with Crippen LogP contribution in [0.2, 0.25) is 5.02 Å². The zero-order chi connectivity index (χ0) is 15.1. The molecule has 0 N–H and O–H groups in total. The lowest BCUT2D eigenvalue weighted by atomic mass is 9.87. The fourth-order valence-corrected chi connectivity index (χ4v) is 3.18. The number of carbonyl (C=O) groups is 1. The quantitative estimate of drug-likeness (QED) is 0.775. The van der Waals surface area contributed by atoms with Gasteiger partial charge in [-0.2, -0.15) is 0 Å². The second-order valence-corrected chi connectivity index (χ2v) is 6.15. The predicted molar refractivity (Wildman–Crippen MR) is 83.1 cm³/mol. The molecule has 2 rings (SSSR count). The molecule has 0 aromatic heterocycles. The molecule has 4 heteroatoms. The molecule has 0 saturated carbocycles. The van der Waals surface area contributed by atoms with Crippen molar-refractivity contribution in [2.45, 2.75) is 39.3 Å². The summed E-state index contributed by atoms with van der Waals surface area (Å²) in [6.45, 7) is 8.10. The van der Waals surface area contributed by atoms with E-state index in [9.17, 15) is 4.79 Å². The number of nitrogens with zero attached hydrogens (tertiary/aromatic N) is 1. The standard InChI is InChI=1S/C16H20ClNO2/c1-10-9-16(3,4)18(11(2)15(19)20-5)14-8-12(17)6-7-13(10)14/h6-9,11H,1-5H3. The summed E-state index contributed by atoms with van der Waals surface area (Å²) in [6.07, 6.45) is 2.17. The summed E-state index contributed by atoms with van der Waals surface area (Å²) in [5, 5.41) is 0.663. The minimum atomic E-state index is -0.378. The van der Waals surface area contributed by atoms with Crippen molar-refractivity contribution < 1.29 is 9.53 Å². The topological polar surface area (TPSA) is 29.5 Å². The van der Waals surface area contributed by atoms with Gasteiger partial charge in [-0.1, -0.05) is 23.7 Å². The Kier molecular flexibility index (Phi) is 3.83. The van der Waals surface area contributed by atoms with E-state index in [1.54, 1.807) is 0 Å². The Hall–Kier alpha value is -1.48. The first-order valence-corrected chi connectivity index (χ1v) is 7.02. The first kappa shape index (κ1) is 14.9. The van der Waals surface area contributed by atoms with E-state index in [2.05, 4.69) is 31.7 Å². The van der Waals surface area contributed by atoms with Gasteiger partial charge in [-0.3, -0.25) is 0 Å². The van der Waals surface area contributed by atoms with Crippen molar-refractivity contribution in [2.24, 2.45) is 0 Å². The average molecular weight is 294 g/mol. The predicted octanol–water partition coefficient (Wildman–Crippen LogP) is 3.90. The number of ether oxygens (including phenoxy) is 1. The van der Waals surface area contributed by atoms with Crippen LogP contribution in [-0.4, -0.2) is 24.7 Å². The molecule has 0 aliphatic carbocycles. The highest BCUT2D eigenvalue weighted by Gasteiger charge is 2.37. The Morgan fingerprint density at radius 2 is 2.05 bits per heavy atom. The van der Waals surface area contributed by atoms with E-state index in [4.69, 9.17) is 16.3 Å². The normalized spacial score (nSPS) is 18.1. The molecule has 0 spiro atoms. The van der Waals surface area contributed by atoms with Crippen molar-refractivity contribution in [3.05, 3.63) is 34.9 Å². The van der Waals surface area contributed by atoms with Crippen molar-refractivity contribution in [1.82, 2.24) is 0 Å². The zero-order valence-electron chi connectivity index (χ0n) is 12.5. The van der Waals surface area contributed by atoms with Gasteiger partial charge in [0.25, 0.3) is 0 Å². The Labute approximate surface area is 125 Å². The fourth-order valence-electron chi connectivity index (χ4n) is 3.01. The monoisotopic (exact) mass is 293 g/mol. The molecule has 1 aromatic carbocycles. The number of hydrogen-bond acceptors (Lipinski definition) is 3. The summed E-state index contributed by atoms with van der Waals surface area (Å²) in [4.78, 5) is 14.0. The summed E-state index contributed by atoms with van der Waals surface area (Å²) in [7, 11) is 1.41. The van der Waals surface area contributed by atoms with Crippen LogP contribution in [0.3, 0.4) is 0 Å². The lowest BCUT2D eigenvalue weighted by molar-refractivity contribution is -0.142. The molecule has 1 aromatic rings. The lowest BCUT2D eigenvalue weighted by Crippen LogP contribution is -2.53. The Morgan fingerprint density at radius 3 is 2.65 bits per heavy atom. The Bertz CT molecular complexity index is 578. The molecule has 20 heavy (non-hydrogen) atoms. The molecule has 0 radical (unpaired) electrons. The van der Waals surface area contributed by atoms with Crippen LogP contribution in [0.25, 0.3) is 5.57 Å². The van der Waals surface area contributed by atoms with Crippen LogP contribution in [0.5, 0.6) is 0 Å². The Morgan fingerprint density at radius 1 is 1.40 bits per heavy atom. The van der Waals surface area contributed by atoms with E-state index in [0.29, 0.717) is 5.02 Å². The van der Waals surface area contributed by atoms with E-state index in [-0.39, 0.29) is 17.6 Å². The number of fused-ring (bicyclic) bond motifs is 1. The maximum Gasteiger partial charge on any atom is 0.328 e. The number of benzene rings is 1. The van der Waals surface area contributed by atoms with E-state index in [1.165, 1.54) is 12.7 Å². The second-order valence-electron chi connectivity index (χ2n) is 5.71. The number of hydrogen-bond donors (Lipinski definition) is 0. The third kappa shape index (κ3) is 2.42. The first-order chi connectivity index (χ1) is 9.27. The van der Waals surface area contributed by atoms with Crippen molar-refractivity contribution in [3.63, 3.8) is 0 Å². The summed E-state index contributed by atoms with van der Waals surface area (Å²) in [6, 6.07) is 5.40. The highest BCUT2D eigenvalue weighted by atomic mass is 35.5. The van der Waals surface area contributed by atoms with Crippen LogP contribution in [0.4, 0.5) is 5.69 Å². The van der Waals surface area contributed by atoms with Crippen molar-refractivity contribution >= 4 is 28.8 Å². The number of allylic oxidation sites excluding steroid dienone is 1. The van der Waals surface area contributed by atoms with Gasteiger partial charge in [0, 0.05) is 16.3 Å². The van der Waals surface area contributed by atoms with E-state index in [0.717, 1.165) is 11.3 Å². The second kappa shape index (κ2) is 5.13. The summed E-state index contributed by atoms with van der Waals surface area (Å²) in [5.74, 6) is -0.253. The largest absolute Gasteiger partial charge is 0.467 e. The minimum Gasteiger partial charge on any atom is -0.467 e. The summed E-state index contributed by atoms with van der Waals surface area (Å²) >= 11 is 6.14. The highest BCUT2D eigenvalue weighted by Crippen LogP contribution is 2.41. The SMILES string of the molecule is COC(=O)C(C)N1c2cc(Cl)ccc2C(C)=CC1(C)C. The van der Waals surface area contributed by atoms with E-state index in [1.807, 2.05) is 25.1 Å². The van der Waals surface area contributed by atoms with Crippen LogP contribution >= 0.6 is 11.6 Å². The van der Waals surface area contributed by atoms with Crippen LogP contribution in [0.15, 0.2) is 24.3 Å². The summed E-state index contributed by atoms with van der Waals surface area (Å²) in [5.41, 5.74) is 2.98. The first-order valence-electron chi connectivity index (χ1n) is 6.64. The van der Waals surface area contributed by atoms with Gasteiger partial charge in [0.2, 0.25) is 0 Å².